The van der Waals surface area contributed by atoms with Crippen molar-refractivity contribution in [3.63, 3.8) is 0 Å². The van der Waals surface area contributed by atoms with Crippen LogP contribution in [-0.4, -0.2) is 40.4 Å². The molecule has 19 heavy (non-hydrogen) atoms. The van der Waals surface area contributed by atoms with Crippen LogP contribution in [0, 0.1) is 6.92 Å². The van der Waals surface area contributed by atoms with Crippen LogP contribution < -0.4 is 14.8 Å². The number of carbonyl (C=O) groups is 1. The number of rotatable bonds is 7. The first-order valence-corrected chi connectivity index (χ1v) is 6.13. The molecule has 0 aliphatic carbocycles. The van der Waals surface area contributed by atoms with Crippen LogP contribution in [0.2, 0.25) is 0 Å². The summed E-state index contributed by atoms with van der Waals surface area (Å²) in [7, 11) is 4.78. The van der Waals surface area contributed by atoms with Crippen LogP contribution in [0.1, 0.15) is 22.3 Å². The minimum Gasteiger partial charge on any atom is -0.496 e. The topological polar surface area (TPSA) is 56.8 Å². The van der Waals surface area contributed by atoms with E-state index >= 15 is 0 Å². The van der Waals surface area contributed by atoms with Crippen LogP contribution in [0.25, 0.3) is 0 Å². The van der Waals surface area contributed by atoms with E-state index in [0.717, 1.165) is 12.0 Å². The van der Waals surface area contributed by atoms with E-state index in [-0.39, 0.29) is 5.91 Å². The number of benzene rings is 1. The van der Waals surface area contributed by atoms with Gasteiger partial charge in [0.2, 0.25) is 0 Å². The van der Waals surface area contributed by atoms with Gasteiger partial charge in [0.25, 0.3) is 5.91 Å². The fraction of sp³-hybridized carbons (Fsp3) is 0.500. The molecule has 0 aliphatic heterocycles. The lowest BCUT2D eigenvalue weighted by molar-refractivity contribution is 0.0948. The largest absolute Gasteiger partial charge is 0.496 e. The van der Waals surface area contributed by atoms with Crippen LogP contribution >= 0.6 is 0 Å². The number of nitrogens with one attached hydrogen (secondary N) is 1. The van der Waals surface area contributed by atoms with Crippen molar-refractivity contribution in [3.05, 3.63) is 23.3 Å². The summed E-state index contributed by atoms with van der Waals surface area (Å²) in [6.07, 6.45) is 0.780. The Hall–Kier alpha value is -1.75. The third-order valence-corrected chi connectivity index (χ3v) is 2.83. The van der Waals surface area contributed by atoms with Crippen molar-refractivity contribution < 1.29 is 19.0 Å². The highest BCUT2D eigenvalue weighted by Gasteiger charge is 2.13. The summed E-state index contributed by atoms with van der Waals surface area (Å²) < 4.78 is 15.4. The maximum absolute atomic E-state index is 12.0. The van der Waals surface area contributed by atoms with Crippen LogP contribution in [-0.2, 0) is 4.74 Å². The lowest BCUT2D eigenvalue weighted by atomic mass is 10.1. The van der Waals surface area contributed by atoms with E-state index in [4.69, 9.17) is 14.2 Å². The SMILES string of the molecule is COCCCNC(=O)c1cc(OC)c(C)c(OC)c1. The van der Waals surface area contributed by atoms with Crippen molar-refractivity contribution in [2.75, 3.05) is 34.5 Å². The van der Waals surface area contributed by atoms with E-state index < -0.39 is 0 Å². The molecule has 0 heterocycles. The molecule has 106 valence electrons. The highest BCUT2D eigenvalue weighted by Crippen LogP contribution is 2.29. The minimum atomic E-state index is -0.146. The average Bonchev–Trinajstić information content (AvgIpc) is 2.43. The summed E-state index contributed by atoms with van der Waals surface area (Å²) in [5, 5.41) is 2.83. The first kappa shape index (κ1) is 15.3. The molecule has 0 radical (unpaired) electrons. The van der Waals surface area contributed by atoms with Gasteiger partial charge in [-0.25, -0.2) is 0 Å². The molecule has 1 N–H and O–H groups in total. The highest BCUT2D eigenvalue weighted by atomic mass is 16.5. The first-order chi connectivity index (χ1) is 9.13. The monoisotopic (exact) mass is 267 g/mol. The van der Waals surface area contributed by atoms with Crippen molar-refractivity contribution in [2.45, 2.75) is 13.3 Å². The van der Waals surface area contributed by atoms with E-state index in [1.807, 2.05) is 6.92 Å². The summed E-state index contributed by atoms with van der Waals surface area (Å²) in [6.45, 7) is 3.09. The Morgan fingerprint density at radius 1 is 1.16 bits per heavy atom. The van der Waals surface area contributed by atoms with Crippen molar-refractivity contribution in [1.29, 1.82) is 0 Å². The number of hydrogen-bond acceptors (Lipinski definition) is 4. The summed E-state index contributed by atoms with van der Waals surface area (Å²) in [4.78, 5) is 12.0. The van der Waals surface area contributed by atoms with Gasteiger partial charge in [-0.15, -0.1) is 0 Å². The lowest BCUT2D eigenvalue weighted by Gasteiger charge is -2.12. The number of hydrogen-bond donors (Lipinski definition) is 1. The van der Waals surface area contributed by atoms with Gasteiger partial charge >= 0.3 is 0 Å². The third kappa shape index (κ3) is 4.13. The van der Waals surface area contributed by atoms with Gasteiger partial charge in [-0.3, -0.25) is 4.79 Å². The van der Waals surface area contributed by atoms with Crippen molar-refractivity contribution in [1.82, 2.24) is 5.32 Å². The zero-order valence-corrected chi connectivity index (χ0v) is 11.9. The van der Waals surface area contributed by atoms with E-state index in [9.17, 15) is 4.79 Å². The molecule has 0 aromatic heterocycles. The number of ether oxygens (including phenoxy) is 3. The van der Waals surface area contributed by atoms with Gasteiger partial charge in [-0.2, -0.15) is 0 Å². The van der Waals surface area contributed by atoms with Gasteiger partial charge in [0.15, 0.2) is 0 Å². The van der Waals surface area contributed by atoms with E-state index in [1.165, 1.54) is 0 Å². The Kier molecular flexibility index (Phi) is 6.15. The molecule has 1 rings (SSSR count). The summed E-state index contributed by atoms with van der Waals surface area (Å²) in [5.74, 6) is 1.13. The quantitative estimate of drug-likeness (QED) is 0.765. The maximum Gasteiger partial charge on any atom is 0.251 e. The molecule has 0 atom stereocenters. The Balaban J connectivity index is 2.79. The molecule has 1 aromatic carbocycles. The molecular weight excluding hydrogens is 246 g/mol. The third-order valence-electron chi connectivity index (χ3n) is 2.83. The van der Waals surface area contributed by atoms with Crippen LogP contribution in [0.4, 0.5) is 0 Å². The summed E-state index contributed by atoms with van der Waals surface area (Å²) >= 11 is 0. The molecule has 5 nitrogen and oxygen atoms in total. The van der Waals surface area contributed by atoms with Crippen LogP contribution in [0.3, 0.4) is 0 Å². The van der Waals surface area contributed by atoms with Gasteiger partial charge in [-0.05, 0) is 25.5 Å². The maximum atomic E-state index is 12.0. The normalized spacial score (nSPS) is 10.1. The Labute approximate surface area is 113 Å². The summed E-state index contributed by atoms with van der Waals surface area (Å²) in [6, 6.07) is 3.42. The predicted molar refractivity (Wildman–Crippen MR) is 73.1 cm³/mol. The Morgan fingerprint density at radius 3 is 2.21 bits per heavy atom. The fourth-order valence-electron chi connectivity index (χ4n) is 1.74. The van der Waals surface area contributed by atoms with Crippen molar-refractivity contribution in [2.24, 2.45) is 0 Å². The predicted octanol–water partition coefficient (Wildman–Crippen LogP) is 1.78. The molecule has 0 saturated heterocycles. The van der Waals surface area contributed by atoms with Crippen LogP contribution in [0.15, 0.2) is 12.1 Å². The zero-order chi connectivity index (χ0) is 14.3. The second kappa shape index (κ2) is 7.63. The molecule has 0 bridgehead atoms. The molecule has 0 saturated carbocycles. The minimum absolute atomic E-state index is 0.146. The van der Waals surface area contributed by atoms with Gasteiger partial charge < -0.3 is 19.5 Å². The fourth-order valence-corrected chi connectivity index (χ4v) is 1.74. The number of carbonyl (C=O) groups excluding carboxylic acids is 1. The lowest BCUT2D eigenvalue weighted by Crippen LogP contribution is -2.25. The molecule has 5 heteroatoms. The molecule has 0 spiro atoms. The molecule has 0 unspecified atom stereocenters. The number of amides is 1. The van der Waals surface area contributed by atoms with Crippen molar-refractivity contribution in [3.8, 4) is 11.5 Å². The molecule has 1 aromatic rings. The van der Waals surface area contributed by atoms with E-state index in [1.54, 1.807) is 33.5 Å². The molecule has 0 aliphatic rings. The van der Waals surface area contributed by atoms with E-state index in [0.29, 0.717) is 30.2 Å². The standard InChI is InChI=1S/C14H21NO4/c1-10-12(18-3)8-11(9-13(10)19-4)14(16)15-6-5-7-17-2/h8-9H,5-7H2,1-4H3,(H,15,16). The second-order valence-corrected chi connectivity index (χ2v) is 4.11. The van der Waals surface area contributed by atoms with Gasteiger partial charge in [0, 0.05) is 31.4 Å². The van der Waals surface area contributed by atoms with Crippen molar-refractivity contribution >= 4 is 5.91 Å². The molecule has 0 fully saturated rings. The van der Waals surface area contributed by atoms with Gasteiger partial charge in [-0.1, -0.05) is 0 Å². The smallest absolute Gasteiger partial charge is 0.251 e. The summed E-state index contributed by atoms with van der Waals surface area (Å²) in [5.41, 5.74) is 1.40. The zero-order valence-electron chi connectivity index (χ0n) is 11.9. The van der Waals surface area contributed by atoms with Gasteiger partial charge in [0.05, 0.1) is 14.2 Å². The highest BCUT2D eigenvalue weighted by molar-refractivity contribution is 5.95. The molecular formula is C14H21NO4. The van der Waals surface area contributed by atoms with Gasteiger partial charge in [0.1, 0.15) is 11.5 Å². The molecule has 1 amide bonds. The second-order valence-electron chi connectivity index (χ2n) is 4.11. The van der Waals surface area contributed by atoms with Crippen LogP contribution in [0.5, 0.6) is 11.5 Å². The van der Waals surface area contributed by atoms with E-state index in [2.05, 4.69) is 5.32 Å². The average molecular weight is 267 g/mol. The number of methoxy groups -OCH3 is 3. The Morgan fingerprint density at radius 2 is 1.74 bits per heavy atom. The first-order valence-electron chi connectivity index (χ1n) is 6.13. The Bertz CT molecular complexity index is 406.